The molecule has 0 saturated carbocycles. The van der Waals surface area contributed by atoms with Crippen LogP contribution in [0.15, 0.2) is 53.1 Å². The average molecular weight is 202 g/mol. The number of benzene rings is 1. The van der Waals surface area contributed by atoms with E-state index >= 15 is 0 Å². The zero-order chi connectivity index (χ0) is 10.5. The fraction of sp³-hybridized carbons (Fsp3) is 0.231. The zero-order valence-electron chi connectivity index (χ0n) is 8.73. The van der Waals surface area contributed by atoms with E-state index < -0.39 is 0 Å². The molecule has 2 nitrogen and oxygen atoms in total. The van der Waals surface area contributed by atoms with E-state index in [4.69, 9.17) is 4.42 Å². The summed E-state index contributed by atoms with van der Waals surface area (Å²) in [5, 5.41) is 0. The minimum atomic E-state index is 0.346. The molecular formula is C13H16NO+. The molecule has 0 unspecified atom stereocenters. The van der Waals surface area contributed by atoms with Crippen molar-refractivity contribution in [2.24, 2.45) is 0 Å². The van der Waals surface area contributed by atoms with Crippen molar-refractivity contribution in [1.29, 1.82) is 0 Å². The minimum Gasteiger partial charge on any atom is -0.469 e. The number of furan rings is 1. The van der Waals surface area contributed by atoms with Gasteiger partial charge in [0.05, 0.1) is 12.8 Å². The predicted octanol–water partition coefficient (Wildman–Crippen LogP) is 2.04. The summed E-state index contributed by atoms with van der Waals surface area (Å²) in [5.74, 6) is 1.38. The Balaban J connectivity index is 2.28. The topological polar surface area (TPSA) is 40.8 Å². The lowest BCUT2D eigenvalue weighted by Crippen LogP contribution is -2.50. The lowest BCUT2D eigenvalue weighted by molar-refractivity contribution is -0.368. The van der Waals surface area contributed by atoms with Crippen LogP contribution in [0, 0.1) is 0 Å². The summed E-state index contributed by atoms with van der Waals surface area (Å²) in [4.78, 5) is 0. The Kier molecular flexibility index (Phi) is 3.20. The van der Waals surface area contributed by atoms with Crippen LogP contribution < -0.4 is 5.73 Å². The maximum atomic E-state index is 5.47. The van der Waals surface area contributed by atoms with Crippen molar-refractivity contribution < 1.29 is 10.2 Å². The molecule has 2 heteroatoms. The highest BCUT2D eigenvalue weighted by atomic mass is 16.3. The van der Waals surface area contributed by atoms with Gasteiger partial charge in [0.15, 0.2) is 0 Å². The van der Waals surface area contributed by atoms with Gasteiger partial charge in [0.25, 0.3) is 0 Å². The van der Waals surface area contributed by atoms with Gasteiger partial charge in [-0.15, -0.1) is 0 Å². The Morgan fingerprint density at radius 2 is 1.87 bits per heavy atom. The fourth-order valence-electron chi connectivity index (χ4n) is 1.85. The average Bonchev–Trinajstić information content (AvgIpc) is 2.80. The zero-order valence-corrected chi connectivity index (χ0v) is 8.73. The lowest BCUT2D eigenvalue weighted by atomic mass is 9.93. The molecule has 78 valence electrons. The molecule has 0 saturated heterocycles. The maximum Gasteiger partial charge on any atom is 0.111 e. The van der Waals surface area contributed by atoms with Gasteiger partial charge < -0.3 is 10.2 Å². The third kappa shape index (κ3) is 2.28. The summed E-state index contributed by atoms with van der Waals surface area (Å²) < 4.78 is 5.47. The molecule has 0 fully saturated rings. The predicted molar refractivity (Wildman–Crippen MR) is 59.4 cm³/mol. The summed E-state index contributed by atoms with van der Waals surface area (Å²) in [7, 11) is 0. The number of quaternary nitrogens is 1. The molecule has 1 atom stereocenters. The molecule has 0 spiro atoms. The first-order chi connectivity index (χ1) is 7.42. The molecule has 0 aliphatic rings. The Morgan fingerprint density at radius 3 is 2.47 bits per heavy atom. The van der Waals surface area contributed by atoms with E-state index in [-0.39, 0.29) is 0 Å². The second-order valence-corrected chi connectivity index (χ2v) is 3.62. The highest BCUT2D eigenvalue weighted by Gasteiger charge is 2.16. The smallest absolute Gasteiger partial charge is 0.111 e. The van der Waals surface area contributed by atoms with Crippen LogP contribution in [0.25, 0.3) is 0 Å². The third-order valence-corrected chi connectivity index (χ3v) is 2.58. The molecule has 1 heterocycles. The molecule has 0 amide bonds. The molecule has 3 N–H and O–H groups in total. The standard InChI is InChI=1S/C13H15NO/c14-9-8-12(13-7-4-10-15-13)11-5-2-1-3-6-11/h1-7,10,12H,8-9,14H2/p+1/t12-/m0/s1. The summed E-state index contributed by atoms with van der Waals surface area (Å²) in [6.45, 7) is 0.917. The van der Waals surface area contributed by atoms with Crippen LogP contribution in [0.4, 0.5) is 0 Å². The molecule has 1 aromatic carbocycles. The first-order valence-corrected chi connectivity index (χ1v) is 5.29. The second-order valence-electron chi connectivity index (χ2n) is 3.62. The third-order valence-electron chi connectivity index (χ3n) is 2.58. The molecule has 0 aliphatic heterocycles. The molecular weight excluding hydrogens is 186 g/mol. The van der Waals surface area contributed by atoms with Crippen LogP contribution in [0.5, 0.6) is 0 Å². The summed E-state index contributed by atoms with van der Waals surface area (Å²) >= 11 is 0. The first-order valence-electron chi connectivity index (χ1n) is 5.29. The van der Waals surface area contributed by atoms with Gasteiger partial charge in [0.2, 0.25) is 0 Å². The maximum absolute atomic E-state index is 5.47. The van der Waals surface area contributed by atoms with Crippen molar-refractivity contribution in [2.45, 2.75) is 12.3 Å². The summed E-state index contributed by atoms with van der Waals surface area (Å²) in [6, 6.07) is 14.4. The molecule has 15 heavy (non-hydrogen) atoms. The molecule has 2 rings (SSSR count). The quantitative estimate of drug-likeness (QED) is 0.809. The number of hydrogen-bond donors (Lipinski definition) is 1. The Morgan fingerprint density at radius 1 is 1.07 bits per heavy atom. The van der Waals surface area contributed by atoms with Crippen LogP contribution in [0.3, 0.4) is 0 Å². The van der Waals surface area contributed by atoms with Crippen molar-refractivity contribution in [3.63, 3.8) is 0 Å². The van der Waals surface area contributed by atoms with Gasteiger partial charge in [0.1, 0.15) is 5.76 Å². The Labute approximate surface area is 89.7 Å². The van der Waals surface area contributed by atoms with Crippen molar-refractivity contribution in [3.05, 3.63) is 60.1 Å². The fourth-order valence-corrected chi connectivity index (χ4v) is 1.85. The van der Waals surface area contributed by atoms with Gasteiger partial charge in [0, 0.05) is 12.3 Å². The van der Waals surface area contributed by atoms with E-state index in [9.17, 15) is 0 Å². The lowest BCUT2D eigenvalue weighted by Gasteiger charge is -2.12. The molecule has 0 aliphatic carbocycles. The van der Waals surface area contributed by atoms with Gasteiger partial charge in [-0.1, -0.05) is 30.3 Å². The van der Waals surface area contributed by atoms with Crippen molar-refractivity contribution in [3.8, 4) is 0 Å². The van der Waals surface area contributed by atoms with Crippen molar-refractivity contribution in [2.75, 3.05) is 6.54 Å². The van der Waals surface area contributed by atoms with Gasteiger partial charge in [-0.3, -0.25) is 0 Å². The highest BCUT2D eigenvalue weighted by molar-refractivity contribution is 5.26. The Bertz CT molecular complexity index is 380. The summed E-state index contributed by atoms with van der Waals surface area (Å²) in [6.07, 6.45) is 2.76. The van der Waals surface area contributed by atoms with Gasteiger partial charge in [-0.2, -0.15) is 0 Å². The largest absolute Gasteiger partial charge is 0.469 e. The van der Waals surface area contributed by atoms with E-state index in [2.05, 4.69) is 30.0 Å². The Hall–Kier alpha value is -1.54. The SMILES string of the molecule is [NH3+]CC[C@@H](c1ccccc1)c1ccco1. The van der Waals surface area contributed by atoms with Gasteiger partial charge in [-0.25, -0.2) is 0 Å². The van der Waals surface area contributed by atoms with Gasteiger partial charge >= 0.3 is 0 Å². The van der Waals surface area contributed by atoms with Crippen LogP contribution >= 0.6 is 0 Å². The summed E-state index contributed by atoms with van der Waals surface area (Å²) in [5.41, 5.74) is 5.22. The van der Waals surface area contributed by atoms with E-state index in [1.165, 1.54) is 5.56 Å². The van der Waals surface area contributed by atoms with Crippen LogP contribution in [-0.4, -0.2) is 6.54 Å². The van der Waals surface area contributed by atoms with E-state index in [0.29, 0.717) is 5.92 Å². The second kappa shape index (κ2) is 4.80. The van der Waals surface area contributed by atoms with E-state index in [1.807, 2.05) is 18.2 Å². The van der Waals surface area contributed by atoms with E-state index in [0.717, 1.165) is 18.7 Å². The van der Waals surface area contributed by atoms with Crippen molar-refractivity contribution in [1.82, 2.24) is 0 Å². The minimum absolute atomic E-state index is 0.346. The molecule has 2 aromatic rings. The number of hydrogen-bond acceptors (Lipinski definition) is 1. The van der Waals surface area contributed by atoms with Crippen LogP contribution in [0.2, 0.25) is 0 Å². The van der Waals surface area contributed by atoms with Crippen LogP contribution in [-0.2, 0) is 0 Å². The highest BCUT2D eigenvalue weighted by Crippen LogP contribution is 2.27. The normalized spacial score (nSPS) is 12.6. The van der Waals surface area contributed by atoms with Gasteiger partial charge in [-0.05, 0) is 17.7 Å². The molecule has 0 radical (unpaired) electrons. The first kappa shape index (κ1) is 9.99. The number of rotatable bonds is 4. The van der Waals surface area contributed by atoms with Crippen LogP contribution in [0.1, 0.15) is 23.7 Å². The molecule has 0 bridgehead atoms. The monoisotopic (exact) mass is 202 g/mol. The van der Waals surface area contributed by atoms with E-state index in [1.54, 1.807) is 6.26 Å². The molecule has 1 aromatic heterocycles. The van der Waals surface area contributed by atoms with Crippen molar-refractivity contribution >= 4 is 0 Å².